The van der Waals surface area contributed by atoms with Crippen LogP contribution in [0.4, 0.5) is 5.69 Å². The van der Waals surface area contributed by atoms with Crippen LogP contribution in [0.1, 0.15) is 17.4 Å². The van der Waals surface area contributed by atoms with Gasteiger partial charge < -0.3 is 5.73 Å². The second-order valence-corrected chi connectivity index (χ2v) is 9.19. The van der Waals surface area contributed by atoms with Crippen molar-refractivity contribution in [2.24, 2.45) is 0 Å². The topological polar surface area (TPSA) is 63.4 Å². The number of halogens is 1. The molecular formula is C14H17BrN2O2S2. The van der Waals surface area contributed by atoms with E-state index >= 15 is 0 Å². The Morgan fingerprint density at radius 2 is 1.90 bits per heavy atom. The lowest BCUT2D eigenvalue weighted by Gasteiger charge is -2.20. The summed E-state index contributed by atoms with van der Waals surface area (Å²) in [7, 11) is -3.49. The molecule has 0 saturated heterocycles. The quantitative estimate of drug-likeness (QED) is 0.795. The summed E-state index contributed by atoms with van der Waals surface area (Å²) in [5.41, 5.74) is 7.24. The van der Waals surface area contributed by atoms with Crippen molar-refractivity contribution in [1.29, 1.82) is 0 Å². The number of nitrogens with two attached hydrogens (primary N) is 1. The minimum atomic E-state index is -3.49. The maximum atomic E-state index is 12.8. The Morgan fingerprint density at radius 1 is 1.29 bits per heavy atom. The molecule has 1 aromatic heterocycles. The molecular weight excluding hydrogens is 372 g/mol. The van der Waals surface area contributed by atoms with E-state index in [1.54, 1.807) is 18.2 Å². The summed E-state index contributed by atoms with van der Waals surface area (Å²) in [6, 6.07) is 8.93. The molecule has 2 aromatic rings. The number of hydrogen-bond donors (Lipinski definition) is 1. The molecule has 0 spiro atoms. The highest BCUT2D eigenvalue weighted by atomic mass is 79.9. The maximum absolute atomic E-state index is 12.8. The van der Waals surface area contributed by atoms with Crippen LogP contribution in [0.5, 0.6) is 0 Å². The number of benzene rings is 1. The molecule has 0 saturated carbocycles. The molecule has 0 aliphatic heterocycles. The standard InChI is InChI=1S/C14H17BrN2O2S2/c1-3-17(9-11-4-6-12(16)7-5-11)21(18,19)13-8-14(15)20-10(13)2/h4-8H,3,9,16H2,1-2H3. The van der Waals surface area contributed by atoms with E-state index in [0.717, 1.165) is 14.2 Å². The molecule has 0 aliphatic carbocycles. The molecule has 0 atom stereocenters. The minimum absolute atomic E-state index is 0.339. The first-order chi connectivity index (χ1) is 9.84. The van der Waals surface area contributed by atoms with Gasteiger partial charge in [-0.1, -0.05) is 19.1 Å². The summed E-state index contributed by atoms with van der Waals surface area (Å²) in [4.78, 5) is 1.16. The molecule has 2 rings (SSSR count). The molecule has 0 fully saturated rings. The van der Waals surface area contributed by atoms with Crippen molar-refractivity contribution in [3.8, 4) is 0 Å². The van der Waals surface area contributed by atoms with E-state index in [4.69, 9.17) is 5.73 Å². The number of aryl methyl sites for hydroxylation is 1. The SMILES string of the molecule is CCN(Cc1ccc(N)cc1)S(=O)(=O)c1cc(Br)sc1C. The van der Waals surface area contributed by atoms with Gasteiger partial charge in [0.05, 0.1) is 8.68 Å². The van der Waals surface area contributed by atoms with Crippen LogP contribution in [0.15, 0.2) is 39.0 Å². The fourth-order valence-electron chi connectivity index (χ4n) is 2.02. The monoisotopic (exact) mass is 388 g/mol. The first kappa shape index (κ1) is 16.5. The number of rotatable bonds is 5. The van der Waals surface area contributed by atoms with Gasteiger partial charge in [-0.3, -0.25) is 0 Å². The Bertz CT molecular complexity index is 724. The predicted molar refractivity (Wildman–Crippen MR) is 90.9 cm³/mol. The lowest BCUT2D eigenvalue weighted by atomic mass is 10.2. The second kappa shape index (κ2) is 6.48. The number of nitrogen functional groups attached to an aromatic ring is 1. The minimum Gasteiger partial charge on any atom is -0.399 e. The van der Waals surface area contributed by atoms with Gasteiger partial charge in [0.25, 0.3) is 0 Å². The van der Waals surface area contributed by atoms with E-state index < -0.39 is 10.0 Å². The fourth-order valence-corrected chi connectivity index (χ4v) is 5.84. The first-order valence-electron chi connectivity index (χ1n) is 6.45. The average molecular weight is 389 g/mol. The molecule has 114 valence electrons. The lowest BCUT2D eigenvalue weighted by Crippen LogP contribution is -2.30. The van der Waals surface area contributed by atoms with Gasteiger partial charge in [0.15, 0.2) is 0 Å². The van der Waals surface area contributed by atoms with Crippen molar-refractivity contribution in [2.45, 2.75) is 25.3 Å². The van der Waals surface area contributed by atoms with E-state index in [-0.39, 0.29) is 0 Å². The zero-order chi connectivity index (χ0) is 15.6. The smallest absolute Gasteiger partial charge is 0.244 e. The highest BCUT2D eigenvalue weighted by Gasteiger charge is 2.26. The van der Waals surface area contributed by atoms with Gasteiger partial charge in [0.2, 0.25) is 10.0 Å². The Kier molecular flexibility index (Phi) is 5.08. The maximum Gasteiger partial charge on any atom is 0.244 e. The van der Waals surface area contributed by atoms with Crippen molar-refractivity contribution < 1.29 is 8.42 Å². The van der Waals surface area contributed by atoms with Gasteiger partial charge in [-0.05, 0) is 46.6 Å². The Morgan fingerprint density at radius 3 is 2.38 bits per heavy atom. The molecule has 0 bridgehead atoms. The molecule has 21 heavy (non-hydrogen) atoms. The molecule has 7 heteroatoms. The third-order valence-electron chi connectivity index (χ3n) is 3.15. The Labute approximate surface area is 137 Å². The summed E-state index contributed by atoms with van der Waals surface area (Å²) < 4.78 is 27.8. The zero-order valence-electron chi connectivity index (χ0n) is 11.8. The van der Waals surface area contributed by atoms with Crippen LogP contribution in [-0.2, 0) is 16.6 Å². The van der Waals surface area contributed by atoms with E-state index in [1.165, 1.54) is 15.6 Å². The van der Waals surface area contributed by atoms with Crippen LogP contribution in [-0.4, -0.2) is 19.3 Å². The number of anilines is 1. The van der Waals surface area contributed by atoms with Crippen LogP contribution in [0.3, 0.4) is 0 Å². The molecule has 0 unspecified atom stereocenters. The van der Waals surface area contributed by atoms with Gasteiger partial charge in [0, 0.05) is 23.7 Å². The van der Waals surface area contributed by atoms with Crippen molar-refractivity contribution in [1.82, 2.24) is 4.31 Å². The largest absolute Gasteiger partial charge is 0.399 e. The van der Waals surface area contributed by atoms with Crippen LogP contribution in [0, 0.1) is 6.92 Å². The Balaban J connectivity index is 2.31. The van der Waals surface area contributed by atoms with E-state index in [2.05, 4.69) is 15.9 Å². The van der Waals surface area contributed by atoms with Gasteiger partial charge >= 0.3 is 0 Å². The van der Waals surface area contributed by atoms with Crippen molar-refractivity contribution in [2.75, 3.05) is 12.3 Å². The third kappa shape index (κ3) is 3.66. The third-order valence-corrected chi connectivity index (χ3v) is 6.88. The molecule has 0 radical (unpaired) electrons. The number of hydrogen-bond acceptors (Lipinski definition) is 4. The second-order valence-electron chi connectivity index (χ2n) is 4.64. The van der Waals surface area contributed by atoms with Gasteiger partial charge in [0.1, 0.15) is 0 Å². The van der Waals surface area contributed by atoms with Crippen LogP contribution in [0.2, 0.25) is 0 Å². The summed E-state index contributed by atoms with van der Waals surface area (Å²) in [6.45, 7) is 4.41. The first-order valence-corrected chi connectivity index (χ1v) is 9.50. The van der Waals surface area contributed by atoms with Crippen molar-refractivity contribution in [3.05, 3.63) is 44.6 Å². The van der Waals surface area contributed by atoms with Gasteiger partial charge in [-0.25, -0.2) is 8.42 Å². The summed E-state index contributed by atoms with van der Waals surface area (Å²) >= 11 is 4.77. The number of thiophene rings is 1. The van der Waals surface area contributed by atoms with Crippen LogP contribution in [0.25, 0.3) is 0 Å². The fraction of sp³-hybridized carbons (Fsp3) is 0.286. The zero-order valence-corrected chi connectivity index (χ0v) is 15.1. The van der Waals surface area contributed by atoms with Gasteiger partial charge in [-0.2, -0.15) is 4.31 Å². The summed E-state index contributed by atoms with van der Waals surface area (Å²) in [5, 5.41) is 0. The van der Waals surface area contributed by atoms with Crippen LogP contribution < -0.4 is 5.73 Å². The Hall–Kier alpha value is -0.890. The highest BCUT2D eigenvalue weighted by Crippen LogP contribution is 2.32. The van der Waals surface area contributed by atoms with Crippen molar-refractivity contribution in [3.63, 3.8) is 0 Å². The molecule has 1 aromatic carbocycles. The average Bonchev–Trinajstić information content (AvgIpc) is 2.77. The molecule has 2 N–H and O–H groups in total. The van der Waals surface area contributed by atoms with E-state index in [1.807, 2.05) is 26.0 Å². The summed E-state index contributed by atoms with van der Waals surface area (Å²) in [6.07, 6.45) is 0. The number of nitrogens with zero attached hydrogens (tertiary/aromatic N) is 1. The normalized spacial score (nSPS) is 12.0. The lowest BCUT2D eigenvalue weighted by molar-refractivity contribution is 0.423. The molecule has 0 aliphatic rings. The van der Waals surface area contributed by atoms with Gasteiger partial charge in [-0.15, -0.1) is 11.3 Å². The van der Waals surface area contributed by atoms with Crippen molar-refractivity contribution >= 4 is 43.0 Å². The van der Waals surface area contributed by atoms with E-state index in [0.29, 0.717) is 23.7 Å². The molecule has 4 nitrogen and oxygen atoms in total. The highest BCUT2D eigenvalue weighted by molar-refractivity contribution is 9.11. The molecule has 0 amide bonds. The summed E-state index contributed by atoms with van der Waals surface area (Å²) in [5.74, 6) is 0. The number of sulfonamides is 1. The van der Waals surface area contributed by atoms with Crippen LogP contribution >= 0.6 is 27.3 Å². The molecule has 1 heterocycles. The van der Waals surface area contributed by atoms with E-state index in [9.17, 15) is 8.42 Å². The predicted octanol–water partition coefficient (Wildman–Crippen LogP) is 3.61.